The van der Waals surface area contributed by atoms with Gasteiger partial charge in [-0.15, -0.1) is 0 Å². The Morgan fingerprint density at radius 2 is 1.67 bits per heavy atom. The van der Waals surface area contributed by atoms with Crippen molar-refractivity contribution in [3.05, 3.63) is 54.2 Å². The first kappa shape index (κ1) is 12.4. The molecule has 18 heavy (non-hydrogen) atoms. The van der Waals surface area contributed by atoms with Crippen molar-refractivity contribution in [2.75, 3.05) is 13.2 Å². The fourth-order valence-electron chi connectivity index (χ4n) is 1.47. The maximum absolute atomic E-state index is 5.51. The molecule has 1 heterocycles. The number of nitrogens with two attached hydrogens (primary N) is 1. The summed E-state index contributed by atoms with van der Waals surface area (Å²) in [6.45, 7) is 1.35. The highest BCUT2D eigenvalue weighted by Gasteiger charge is 1.97. The molecule has 0 unspecified atom stereocenters. The zero-order chi connectivity index (χ0) is 12.6. The first-order chi connectivity index (χ1) is 8.88. The normalized spacial score (nSPS) is 10.1. The number of benzene rings is 1. The third-order valence-corrected chi connectivity index (χ3v) is 2.34. The second kappa shape index (κ2) is 6.61. The van der Waals surface area contributed by atoms with E-state index in [1.165, 1.54) is 0 Å². The average molecular weight is 244 g/mol. The van der Waals surface area contributed by atoms with E-state index < -0.39 is 0 Å². The molecule has 0 aliphatic rings. The molecule has 0 amide bonds. The quantitative estimate of drug-likeness (QED) is 0.790. The summed E-state index contributed by atoms with van der Waals surface area (Å²) < 4.78 is 11.0. The minimum atomic E-state index is 0.414. The topological polar surface area (TPSA) is 57.4 Å². The Hall–Kier alpha value is -2.07. The Labute approximate surface area is 106 Å². The van der Waals surface area contributed by atoms with Gasteiger partial charge in [0.05, 0.1) is 5.69 Å². The highest BCUT2D eigenvalue weighted by Crippen LogP contribution is 2.09. The Kier molecular flexibility index (Phi) is 4.55. The first-order valence-electron chi connectivity index (χ1n) is 5.85. The van der Waals surface area contributed by atoms with Gasteiger partial charge in [0.1, 0.15) is 19.0 Å². The van der Waals surface area contributed by atoms with Crippen LogP contribution in [0.2, 0.25) is 0 Å². The average Bonchev–Trinajstić information content (AvgIpc) is 2.45. The van der Waals surface area contributed by atoms with Gasteiger partial charge in [0.25, 0.3) is 0 Å². The molecule has 2 N–H and O–H groups in total. The summed E-state index contributed by atoms with van der Waals surface area (Å²) in [4.78, 5) is 4.23. The fourth-order valence-corrected chi connectivity index (χ4v) is 1.47. The molecule has 0 bridgehead atoms. The van der Waals surface area contributed by atoms with Gasteiger partial charge in [-0.2, -0.15) is 0 Å². The largest absolute Gasteiger partial charge is 0.490 e. The molecule has 2 rings (SSSR count). The van der Waals surface area contributed by atoms with Gasteiger partial charge in [-0.3, -0.25) is 0 Å². The molecule has 4 nitrogen and oxygen atoms in total. The lowest BCUT2D eigenvalue weighted by atomic mass is 10.3. The lowest BCUT2D eigenvalue weighted by molar-refractivity contribution is 0.211. The van der Waals surface area contributed by atoms with E-state index in [4.69, 9.17) is 15.2 Å². The van der Waals surface area contributed by atoms with Crippen LogP contribution in [0.4, 0.5) is 0 Å². The zero-order valence-corrected chi connectivity index (χ0v) is 10.1. The molecule has 0 aliphatic carbocycles. The van der Waals surface area contributed by atoms with Crippen LogP contribution in [0.3, 0.4) is 0 Å². The number of hydrogen-bond acceptors (Lipinski definition) is 4. The predicted octanol–water partition coefficient (Wildman–Crippen LogP) is 2.00. The highest BCUT2D eigenvalue weighted by molar-refractivity contribution is 5.21. The number of nitrogens with zero attached hydrogens (tertiary/aromatic N) is 1. The molecular formula is C14H16N2O2. The second-order valence-electron chi connectivity index (χ2n) is 3.68. The van der Waals surface area contributed by atoms with Crippen LogP contribution in [-0.4, -0.2) is 18.2 Å². The maximum Gasteiger partial charge on any atom is 0.213 e. The standard InChI is InChI=1S/C14H16N2O2/c15-11-12-5-4-8-14(16-12)18-10-9-17-13-6-2-1-3-7-13/h1-8H,9-11,15H2. The Balaban J connectivity index is 1.75. The van der Waals surface area contributed by atoms with E-state index in [1.54, 1.807) is 0 Å². The molecular weight excluding hydrogens is 228 g/mol. The number of pyridine rings is 1. The summed E-state index contributed by atoms with van der Waals surface area (Å²) in [5.41, 5.74) is 6.32. The van der Waals surface area contributed by atoms with Crippen LogP contribution in [0, 0.1) is 0 Å². The zero-order valence-electron chi connectivity index (χ0n) is 10.1. The van der Waals surface area contributed by atoms with Crippen molar-refractivity contribution in [1.82, 2.24) is 4.98 Å². The van der Waals surface area contributed by atoms with Crippen LogP contribution in [0.5, 0.6) is 11.6 Å². The van der Waals surface area contributed by atoms with E-state index in [0.717, 1.165) is 11.4 Å². The minimum Gasteiger partial charge on any atom is -0.490 e. The molecule has 0 atom stereocenters. The molecule has 94 valence electrons. The lowest BCUT2D eigenvalue weighted by Gasteiger charge is -2.08. The van der Waals surface area contributed by atoms with Gasteiger partial charge in [0.2, 0.25) is 5.88 Å². The van der Waals surface area contributed by atoms with E-state index in [-0.39, 0.29) is 0 Å². The SMILES string of the molecule is NCc1cccc(OCCOc2ccccc2)n1. The van der Waals surface area contributed by atoms with Crippen molar-refractivity contribution in [2.45, 2.75) is 6.54 Å². The maximum atomic E-state index is 5.51. The molecule has 0 radical (unpaired) electrons. The predicted molar refractivity (Wildman–Crippen MR) is 69.6 cm³/mol. The molecule has 0 aliphatic heterocycles. The van der Waals surface area contributed by atoms with Gasteiger partial charge < -0.3 is 15.2 Å². The summed E-state index contributed by atoms with van der Waals surface area (Å²) >= 11 is 0. The smallest absolute Gasteiger partial charge is 0.213 e. The van der Waals surface area contributed by atoms with Crippen LogP contribution in [0.15, 0.2) is 48.5 Å². The Morgan fingerprint density at radius 3 is 2.44 bits per heavy atom. The first-order valence-corrected chi connectivity index (χ1v) is 5.85. The third-order valence-electron chi connectivity index (χ3n) is 2.34. The lowest BCUT2D eigenvalue weighted by Crippen LogP contribution is -2.10. The van der Waals surface area contributed by atoms with Crippen LogP contribution < -0.4 is 15.2 Å². The number of rotatable bonds is 6. The summed E-state index contributed by atoms with van der Waals surface area (Å²) in [5, 5.41) is 0. The van der Waals surface area contributed by atoms with E-state index in [1.807, 2.05) is 48.5 Å². The number of ether oxygens (including phenoxy) is 2. The molecule has 2 aromatic rings. The van der Waals surface area contributed by atoms with Gasteiger partial charge >= 0.3 is 0 Å². The molecule has 0 saturated heterocycles. The van der Waals surface area contributed by atoms with Crippen LogP contribution in [0.1, 0.15) is 5.69 Å². The minimum absolute atomic E-state index is 0.414. The van der Waals surface area contributed by atoms with Gasteiger partial charge in [-0.25, -0.2) is 4.98 Å². The van der Waals surface area contributed by atoms with Gasteiger partial charge in [-0.1, -0.05) is 24.3 Å². The summed E-state index contributed by atoms with van der Waals surface area (Å²) in [6, 6.07) is 15.2. The summed E-state index contributed by atoms with van der Waals surface area (Å²) in [6.07, 6.45) is 0. The molecule has 4 heteroatoms. The summed E-state index contributed by atoms with van der Waals surface area (Å²) in [7, 11) is 0. The van der Waals surface area contributed by atoms with Crippen LogP contribution >= 0.6 is 0 Å². The fraction of sp³-hybridized carbons (Fsp3) is 0.214. The van der Waals surface area contributed by atoms with Crippen molar-refractivity contribution in [2.24, 2.45) is 5.73 Å². The van der Waals surface area contributed by atoms with Crippen molar-refractivity contribution in [1.29, 1.82) is 0 Å². The number of aromatic nitrogens is 1. The molecule has 1 aromatic heterocycles. The summed E-state index contributed by atoms with van der Waals surface area (Å²) in [5.74, 6) is 1.42. The monoisotopic (exact) mass is 244 g/mol. The van der Waals surface area contributed by atoms with Crippen molar-refractivity contribution in [3.8, 4) is 11.6 Å². The van der Waals surface area contributed by atoms with E-state index in [2.05, 4.69) is 4.98 Å². The van der Waals surface area contributed by atoms with Gasteiger partial charge in [0, 0.05) is 12.6 Å². The highest BCUT2D eigenvalue weighted by atomic mass is 16.5. The molecule has 1 aromatic carbocycles. The molecule has 0 saturated carbocycles. The van der Waals surface area contributed by atoms with E-state index in [0.29, 0.717) is 25.6 Å². The third kappa shape index (κ3) is 3.75. The van der Waals surface area contributed by atoms with Crippen molar-refractivity contribution in [3.63, 3.8) is 0 Å². The number of hydrogen-bond donors (Lipinski definition) is 1. The van der Waals surface area contributed by atoms with Gasteiger partial charge in [-0.05, 0) is 18.2 Å². The molecule has 0 fully saturated rings. The van der Waals surface area contributed by atoms with Crippen LogP contribution in [-0.2, 0) is 6.54 Å². The van der Waals surface area contributed by atoms with Crippen molar-refractivity contribution < 1.29 is 9.47 Å². The molecule has 0 spiro atoms. The van der Waals surface area contributed by atoms with Crippen molar-refractivity contribution >= 4 is 0 Å². The van der Waals surface area contributed by atoms with Crippen LogP contribution in [0.25, 0.3) is 0 Å². The van der Waals surface area contributed by atoms with E-state index >= 15 is 0 Å². The Bertz CT molecular complexity index is 474. The van der Waals surface area contributed by atoms with E-state index in [9.17, 15) is 0 Å². The second-order valence-corrected chi connectivity index (χ2v) is 3.68. The number of para-hydroxylation sites is 1. The van der Waals surface area contributed by atoms with Gasteiger partial charge in [0.15, 0.2) is 0 Å². The Morgan fingerprint density at radius 1 is 0.889 bits per heavy atom.